The molecule has 108 valence electrons. The second-order valence-corrected chi connectivity index (χ2v) is 5.59. The third-order valence-electron chi connectivity index (χ3n) is 3.74. The highest BCUT2D eigenvalue weighted by atomic mass is 16.3. The molecule has 19 heavy (non-hydrogen) atoms. The summed E-state index contributed by atoms with van der Waals surface area (Å²) in [6, 6.07) is 10.7. The molecule has 0 aliphatic carbocycles. The van der Waals surface area contributed by atoms with Crippen LogP contribution in [0.15, 0.2) is 30.3 Å². The van der Waals surface area contributed by atoms with Gasteiger partial charge in [0.25, 0.3) is 0 Å². The van der Waals surface area contributed by atoms with E-state index in [1.165, 1.54) is 50.5 Å². The molecule has 0 fully saturated rings. The first-order valence-electron chi connectivity index (χ1n) is 8.05. The molecule has 1 N–H and O–H groups in total. The minimum atomic E-state index is -0.0516. The van der Waals surface area contributed by atoms with E-state index in [1.54, 1.807) is 0 Å². The van der Waals surface area contributed by atoms with Crippen molar-refractivity contribution in [2.75, 3.05) is 0 Å². The summed E-state index contributed by atoms with van der Waals surface area (Å²) < 4.78 is 0. The predicted molar refractivity (Wildman–Crippen MR) is 83.4 cm³/mol. The zero-order valence-corrected chi connectivity index (χ0v) is 12.5. The summed E-state index contributed by atoms with van der Waals surface area (Å²) in [5, 5.41) is 9.73. The third-order valence-corrected chi connectivity index (χ3v) is 3.74. The van der Waals surface area contributed by atoms with Gasteiger partial charge in [-0.3, -0.25) is 0 Å². The van der Waals surface area contributed by atoms with E-state index in [-0.39, 0.29) is 6.10 Å². The molecule has 1 unspecified atom stereocenters. The Hall–Kier alpha value is -0.820. The number of aliphatic hydroxyl groups is 1. The van der Waals surface area contributed by atoms with Crippen molar-refractivity contribution in [1.82, 2.24) is 0 Å². The van der Waals surface area contributed by atoms with Gasteiger partial charge in [-0.05, 0) is 31.2 Å². The average Bonchev–Trinajstić information content (AvgIpc) is 2.45. The number of benzene rings is 1. The van der Waals surface area contributed by atoms with Gasteiger partial charge in [-0.25, -0.2) is 0 Å². The van der Waals surface area contributed by atoms with Crippen molar-refractivity contribution >= 4 is 0 Å². The van der Waals surface area contributed by atoms with Crippen LogP contribution in [0, 0.1) is 0 Å². The Labute approximate surface area is 119 Å². The van der Waals surface area contributed by atoms with E-state index in [4.69, 9.17) is 0 Å². The van der Waals surface area contributed by atoms with Crippen molar-refractivity contribution in [3.8, 4) is 0 Å². The van der Waals surface area contributed by atoms with Crippen LogP contribution in [-0.2, 0) is 6.42 Å². The molecule has 0 heterocycles. The second-order valence-electron chi connectivity index (χ2n) is 5.59. The van der Waals surface area contributed by atoms with Gasteiger partial charge in [0, 0.05) is 0 Å². The highest BCUT2D eigenvalue weighted by Gasteiger charge is 2.02. The van der Waals surface area contributed by atoms with E-state index in [1.807, 2.05) is 0 Å². The van der Waals surface area contributed by atoms with E-state index in [9.17, 15) is 5.11 Å². The van der Waals surface area contributed by atoms with Gasteiger partial charge < -0.3 is 5.11 Å². The second kappa shape index (κ2) is 11.0. The monoisotopic (exact) mass is 262 g/mol. The first-order chi connectivity index (χ1) is 9.33. The summed E-state index contributed by atoms with van der Waals surface area (Å²) in [6.45, 7) is 2.18. The Kier molecular flexibility index (Phi) is 9.44. The fourth-order valence-electron chi connectivity index (χ4n) is 2.47. The summed E-state index contributed by atoms with van der Waals surface area (Å²) in [4.78, 5) is 0. The molecule has 0 aliphatic heterocycles. The smallest absolute Gasteiger partial charge is 0.0540 e. The lowest BCUT2D eigenvalue weighted by atomic mass is 10.0. The Morgan fingerprint density at radius 2 is 1.47 bits per heavy atom. The maximum Gasteiger partial charge on any atom is 0.0540 e. The number of aryl methyl sites for hydroxylation is 1. The van der Waals surface area contributed by atoms with Crippen molar-refractivity contribution in [2.45, 2.75) is 77.2 Å². The normalized spacial score (nSPS) is 12.5. The fourth-order valence-corrected chi connectivity index (χ4v) is 2.47. The molecule has 0 saturated heterocycles. The topological polar surface area (TPSA) is 20.2 Å². The zero-order chi connectivity index (χ0) is 13.8. The Morgan fingerprint density at radius 3 is 2.21 bits per heavy atom. The molecule has 1 rings (SSSR count). The van der Waals surface area contributed by atoms with Crippen LogP contribution in [0.4, 0.5) is 0 Å². The van der Waals surface area contributed by atoms with Crippen LogP contribution < -0.4 is 0 Å². The molecule has 0 aliphatic rings. The predicted octanol–water partition coefficient (Wildman–Crippen LogP) is 5.12. The summed E-state index contributed by atoms with van der Waals surface area (Å²) >= 11 is 0. The molecule has 1 atom stereocenters. The van der Waals surface area contributed by atoms with Gasteiger partial charge in [0.05, 0.1) is 6.10 Å². The van der Waals surface area contributed by atoms with Crippen molar-refractivity contribution < 1.29 is 5.11 Å². The number of hydrogen-bond donors (Lipinski definition) is 1. The first kappa shape index (κ1) is 16.2. The number of rotatable bonds is 11. The zero-order valence-electron chi connectivity index (χ0n) is 12.5. The van der Waals surface area contributed by atoms with Gasteiger partial charge in [0.1, 0.15) is 0 Å². The lowest BCUT2D eigenvalue weighted by Gasteiger charge is -2.09. The summed E-state index contributed by atoms with van der Waals surface area (Å²) in [7, 11) is 0. The lowest BCUT2D eigenvalue weighted by Crippen LogP contribution is -2.05. The number of hydrogen-bond acceptors (Lipinski definition) is 1. The highest BCUT2D eigenvalue weighted by Crippen LogP contribution is 2.12. The van der Waals surface area contributed by atoms with Gasteiger partial charge in [0.2, 0.25) is 0 Å². The molecule has 1 heteroatoms. The molecule has 1 aromatic carbocycles. The van der Waals surface area contributed by atoms with Crippen LogP contribution >= 0.6 is 0 Å². The van der Waals surface area contributed by atoms with Crippen LogP contribution in [0.3, 0.4) is 0 Å². The minimum Gasteiger partial charge on any atom is -0.393 e. The molecule has 0 spiro atoms. The molecular formula is C18H30O. The molecule has 0 aromatic heterocycles. The van der Waals surface area contributed by atoms with Gasteiger partial charge in [0.15, 0.2) is 0 Å². The van der Waals surface area contributed by atoms with Crippen LogP contribution in [0.25, 0.3) is 0 Å². The molecule has 1 aromatic rings. The molecule has 0 amide bonds. The van der Waals surface area contributed by atoms with E-state index in [0.29, 0.717) is 0 Å². The van der Waals surface area contributed by atoms with Crippen molar-refractivity contribution in [2.24, 2.45) is 0 Å². The molecular weight excluding hydrogens is 232 g/mol. The largest absolute Gasteiger partial charge is 0.393 e. The third kappa shape index (κ3) is 8.83. The Morgan fingerprint density at radius 1 is 0.842 bits per heavy atom. The van der Waals surface area contributed by atoms with Crippen LogP contribution in [0.2, 0.25) is 0 Å². The quantitative estimate of drug-likeness (QED) is 0.549. The van der Waals surface area contributed by atoms with Gasteiger partial charge in [-0.15, -0.1) is 0 Å². The fraction of sp³-hybridized carbons (Fsp3) is 0.667. The maximum atomic E-state index is 9.73. The number of unbranched alkanes of at least 4 members (excludes halogenated alkanes) is 5. The molecule has 0 bridgehead atoms. The van der Waals surface area contributed by atoms with Crippen molar-refractivity contribution in [3.63, 3.8) is 0 Å². The van der Waals surface area contributed by atoms with Crippen LogP contribution in [0.1, 0.15) is 70.3 Å². The van der Waals surface area contributed by atoms with Crippen molar-refractivity contribution in [3.05, 3.63) is 35.9 Å². The van der Waals surface area contributed by atoms with Gasteiger partial charge in [-0.1, -0.05) is 75.8 Å². The van der Waals surface area contributed by atoms with Gasteiger partial charge in [-0.2, -0.15) is 0 Å². The SMILES string of the molecule is CCCCC(O)CCCCCCCc1ccccc1. The van der Waals surface area contributed by atoms with Gasteiger partial charge >= 0.3 is 0 Å². The van der Waals surface area contributed by atoms with E-state index >= 15 is 0 Å². The average molecular weight is 262 g/mol. The molecule has 1 nitrogen and oxygen atoms in total. The lowest BCUT2D eigenvalue weighted by molar-refractivity contribution is 0.148. The number of aliphatic hydroxyl groups excluding tert-OH is 1. The standard InChI is InChI=1S/C18H30O/c1-2-3-15-18(19)16-11-6-4-5-8-12-17-13-9-7-10-14-17/h7,9-10,13-14,18-19H,2-6,8,11-12,15-16H2,1H3. The van der Waals surface area contributed by atoms with E-state index in [0.717, 1.165) is 19.3 Å². The minimum absolute atomic E-state index is 0.0516. The van der Waals surface area contributed by atoms with E-state index < -0.39 is 0 Å². The Bertz CT molecular complexity index is 294. The van der Waals surface area contributed by atoms with Crippen LogP contribution in [-0.4, -0.2) is 11.2 Å². The van der Waals surface area contributed by atoms with Crippen LogP contribution in [0.5, 0.6) is 0 Å². The summed E-state index contributed by atoms with van der Waals surface area (Å²) in [5.41, 5.74) is 1.46. The highest BCUT2D eigenvalue weighted by molar-refractivity contribution is 5.14. The molecule has 0 saturated carbocycles. The maximum absolute atomic E-state index is 9.73. The first-order valence-corrected chi connectivity index (χ1v) is 8.05. The van der Waals surface area contributed by atoms with Crippen molar-refractivity contribution in [1.29, 1.82) is 0 Å². The summed E-state index contributed by atoms with van der Waals surface area (Å²) in [6.07, 6.45) is 11.9. The molecule has 0 radical (unpaired) electrons. The Balaban J connectivity index is 1.89. The van der Waals surface area contributed by atoms with E-state index in [2.05, 4.69) is 37.3 Å². The summed E-state index contributed by atoms with van der Waals surface area (Å²) in [5.74, 6) is 0.